The van der Waals surface area contributed by atoms with E-state index < -0.39 is 28.1 Å². The normalized spacial score (nSPS) is 21.3. The van der Waals surface area contributed by atoms with Crippen LogP contribution in [0.3, 0.4) is 0 Å². The summed E-state index contributed by atoms with van der Waals surface area (Å²) in [6.45, 7) is 0.294. The third kappa shape index (κ3) is 6.87. The second-order valence-electron chi connectivity index (χ2n) is 9.26. The van der Waals surface area contributed by atoms with E-state index in [1.807, 2.05) is 12.1 Å². The largest absolute Gasteiger partial charge is 0.496 e. The number of nitrogens with one attached hydrogen (secondary N) is 2. The van der Waals surface area contributed by atoms with Crippen molar-refractivity contribution in [2.75, 3.05) is 40.2 Å². The summed E-state index contributed by atoms with van der Waals surface area (Å²) >= 11 is 0. The molecule has 2 atom stereocenters. The number of methoxy groups -OCH3 is 2. The van der Waals surface area contributed by atoms with Crippen LogP contribution in [0.2, 0.25) is 0 Å². The Hall–Kier alpha value is -3.51. The molecule has 5 rings (SSSR count). The van der Waals surface area contributed by atoms with Crippen molar-refractivity contribution in [3.63, 3.8) is 0 Å². The molecule has 1 saturated heterocycles. The predicted molar refractivity (Wildman–Crippen MR) is 139 cm³/mol. The Morgan fingerprint density at radius 3 is 2.53 bits per heavy atom. The minimum Gasteiger partial charge on any atom is -0.496 e. The summed E-state index contributed by atoms with van der Waals surface area (Å²) in [4.78, 5) is 25.4. The van der Waals surface area contributed by atoms with Gasteiger partial charge < -0.3 is 29.6 Å². The van der Waals surface area contributed by atoms with Crippen LogP contribution in [-0.2, 0) is 32.6 Å². The Labute approximate surface area is 222 Å². The van der Waals surface area contributed by atoms with Gasteiger partial charge in [-0.3, -0.25) is 9.59 Å². The van der Waals surface area contributed by atoms with Crippen LogP contribution in [0.25, 0.3) is 0 Å². The summed E-state index contributed by atoms with van der Waals surface area (Å²) in [6.07, 6.45) is 1.75. The minimum atomic E-state index is -3.46. The first-order valence-corrected chi connectivity index (χ1v) is 14.2. The molecule has 2 aromatic carbocycles. The fourth-order valence-electron chi connectivity index (χ4n) is 4.52. The minimum absolute atomic E-state index is 0.0648. The Morgan fingerprint density at radius 1 is 1.00 bits per heavy atom. The van der Waals surface area contributed by atoms with Crippen molar-refractivity contribution in [1.29, 1.82) is 0 Å². The van der Waals surface area contributed by atoms with Crippen LogP contribution in [0.4, 0.5) is 0 Å². The van der Waals surface area contributed by atoms with E-state index >= 15 is 0 Å². The standard InChI is InChI=1S/C26H33N3O8S/c1-34-22-8-4-17-5-9-25(30)27-14-18-6-7-19(13-23(18)35-2)37-21-10-11-29(38(3,32)33)15-20(21)28-26(31)16-36-24(22)12-17/h4,6-8,12-13,20-21H,5,9-11,14-16H2,1-3H3,(H,27,30)(H,28,31)/t20-,21+/m1/s1. The summed E-state index contributed by atoms with van der Waals surface area (Å²) < 4.78 is 48.6. The molecular weight excluding hydrogens is 514 g/mol. The van der Waals surface area contributed by atoms with Crippen molar-refractivity contribution < 1.29 is 37.0 Å². The van der Waals surface area contributed by atoms with Gasteiger partial charge in [-0.1, -0.05) is 6.07 Å². The number of sulfonamides is 1. The van der Waals surface area contributed by atoms with Gasteiger partial charge in [0.1, 0.15) is 17.6 Å². The fourth-order valence-corrected chi connectivity index (χ4v) is 5.39. The lowest BCUT2D eigenvalue weighted by Crippen LogP contribution is -2.58. The molecule has 12 heteroatoms. The number of hydrogen-bond donors (Lipinski definition) is 2. The van der Waals surface area contributed by atoms with Gasteiger partial charge in [-0.25, -0.2) is 8.42 Å². The number of hydrogen-bond acceptors (Lipinski definition) is 8. The number of carbonyl (C=O) groups excluding carboxylic acids is 2. The summed E-state index contributed by atoms with van der Waals surface area (Å²) in [5, 5.41) is 5.80. The molecule has 38 heavy (non-hydrogen) atoms. The Bertz CT molecular complexity index is 1280. The second kappa shape index (κ2) is 11.9. The molecule has 3 aliphatic heterocycles. The molecule has 2 amide bonds. The topological polar surface area (TPSA) is 132 Å². The lowest BCUT2D eigenvalue weighted by Gasteiger charge is -2.37. The molecule has 0 aliphatic carbocycles. The molecule has 11 nitrogen and oxygen atoms in total. The first-order valence-electron chi connectivity index (χ1n) is 12.3. The number of benzene rings is 2. The fraction of sp³-hybridized carbons (Fsp3) is 0.462. The molecule has 1 fully saturated rings. The van der Waals surface area contributed by atoms with Gasteiger partial charge >= 0.3 is 0 Å². The average molecular weight is 548 g/mol. The number of piperidine rings is 1. The van der Waals surface area contributed by atoms with Gasteiger partial charge in [0, 0.05) is 44.1 Å². The zero-order valence-corrected chi connectivity index (χ0v) is 22.5. The maximum atomic E-state index is 12.9. The van der Waals surface area contributed by atoms with E-state index in [1.165, 1.54) is 18.5 Å². The monoisotopic (exact) mass is 547 g/mol. The van der Waals surface area contributed by atoms with E-state index in [0.717, 1.165) is 17.4 Å². The van der Waals surface area contributed by atoms with Gasteiger partial charge in [-0.15, -0.1) is 0 Å². The van der Waals surface area contributed by atoms with Gasteiger partial charge in [-0.2, -0.15) is 4.31 Å². The van der Waals surface area contributed by atoms with Crippen molar-refractivity contribution >= 4 is 21.8 Å². The first kappa shape index (κ1) is 27.5. The highest BCUT2D eigenvalue weighted by Crippen LogP contribution is 2.30. The van der Waals surface area contributed by atoms with E-state index in [-0.39, 0.29) is 38.6 Å². The summed E-state index contributed by atoms with van der Waals surface area (Å²) in [5.74, 6) is 1.31. The number of amides is 2. The SMILES string of the molecule is COc1cc2ccc1CNC(=O)CCc1ccc(OC)c(c1)OCC(=O)N[C@@H]1CN(S(C)(=O)=O)CC[C@@H]1O2. The Balaban J connectivity index is 1.64. The van der Waals surface area contributed by atoms with E-state index in [1.54, 1.807) is 24.3 Å². The lowest BCUT2D eigenvalue weighted by atomic mass is 10.0. The van der Waals surface area contributed by atoms with Gasteiger partial charge in [0.2, 0.25) is 15.9 Å². The lowest BCUT2D eigenvalue weighted by molar-refractivity contribution is -0.125. The number of fused-ring (bicyclic) bond motifs is 9. The molecule has 0 aromatic heterocycles. The first-order chi connectivity index (χ1) is 18.2. The second-order valence-corrected chi connectivity index (χ2v) is 11.2. The number of aryl methyl sites for hydroxylation is 1. The molecule has 2 aromatic rings. The van der Waals surface area contributed by atoms with Crippen LogP contribution in [0.5, 0.6) is 23.0 Å². The van der Waals surface area contributed by atoms with Crippen LogP contribution in [-0.4, -0.2) is 76.9 Å². The number of nitrogens with zero attached hydrogens (tertiary/aromatic N) is 1. The third-order valence-electron chi connectivity index (χ3n) is 6.58. The molecule has 4 bridgehead atoms. The molecule has 2 N–H and O–H groups in total. The van der Waals surface area contributed by atoms with Crippen LogP contribution in [0.1, 0.15) is 24.0 Å². The number of carbonyl (C=O) groups is 2. The molecule has 0 radical (unpaired) electrons. The van der Waals surface area contributed by atoms with E-state index in [9.17, 15) is 18.0 Å². The highest BCUT2D eigenvalue weighted by molar-refractivity contribution is 7.88. The molecule has 3 heterocycles. The quantitative estimate of drug-likeness (QED) is 0.587. The van der Waals surface area contributed by atoms with E-state index in [4.69, 9.17) is 18.9 Å². The molecular formula is C26H33N3O8S. The Morgan fingerprint density at radius 2 is 1.79 bits per heavy atom. The highest BCUT2D eigenvalue weighted by atomic mass is 32.2. The van der Waals surface area contributed by atoms with Crippen molar-refractivity contribution in [2.45, 2.75) is 38.0 Å². The van der Waals surface area contributed by atoms with Crippen LogP contribution in [0, 0.1) is 0 Å². The van der Waals surface area contributed by atoms with Crippen LogP contribution in [0.15, 0.2) is 36.4 Å². The predicted octanol–water partition coefficient (Wildman–Crippen LogP) is 1.24. The van der Waals surface area contributed by atoms with Crippen molar-refractivity contribution in [3.8, 4) is 23.0 Å². The van der Waals surface area contributed by atoms with E-state index in [2.05, 4.69) is 10.6 Å². The van der Waals surface area contributed by atoms with Gasteiger partial charge in [0.15, 0.2) is 18.1 Å². The average Bonchev–Trinajstić information content (AvgIpc) is 2.89. The third-order valence-corrected chi connectivity index (χ3v) is 7.85. The molecule has 3 aliphatic rings. The maximum absolute atomic E-state index is 12.9. The summed E-state index contributed by atoms with van der Waals surface area (Å²) in [6, 6.07) is 9.99. The van der Waals surface area contributed by atoms with Crippen molar-refractivity contribution in [3.05, 3.63) is 47.5 Å². The Kier molecular flexibility index (Phi) is 8.62. The summed E-state index contributed by atoms with van der Waals surface area (Å²) in [5.41, 5.74) is 1.63. The highest BCUT2D eigenvalue weighted by Gasteiger charge is 2.35. The van der Waals surface area contributed by atoms with Crippen molar-refractivity contribution in [2.24, 2.45) is 0 Å². The number of ether oxygens (including phenoxy) is 4. The molecule has 0 saturated carbocycles. The zero-order chi connectivity index (χ0) is 27.3. The molecule has 0 spiro atoms. The van der Waals surface area contributed by atoms with Gasteiger partial charge in [0.05, 0.1) is 26.5 Å². The van der Waals surface area contributed by atoms with Gasteiger partial charge in [-0.05, 0) is 36.2 Å². The van der Waals surface area contributed by atoms with Gasteiger partial charge in [0.25, 0.3) is 5.91 Å². The van der Waals surface area contributed by atoms with Crippen molar-refractivity contribution in [1.82, 2.24) is 14.9 Å². The van der Waals surface area contributed by atoms with Crippen LogP contribution < -0.4 is 29.6 Å². The summed E-state index contributed by atoms with van der Waals surface area (Å²) in [7, 11) is -0.423. The van der Waals surface area contributed by atoms with Crippen LogP contribution >= 0.6 is 0 Å². The number of rotatable bonds is 3. The maximum Gasteiger partial charge on any atom is 0.258 e. The van der Waals surface area contributed by atoms with E-state index in [0.29, 0.717) is 35.8 Å². The molecule has 206 valence electrons. The smallest absolute Gasteiger partial charge is 0.258 e. The molecule has 0 unspecified atom stereocenters. The zero-order valence-electron chi connectivity index (χ0n) is 21.7.